The number of aromatic nitrogens is 2. The van der Waals surface area contributed by atoms with Crippen molar-refractivity contribution in [1.82, 2.24) is 14.7 Å². The number of carbonyl (C=O) groups excluding carboxylic acids is 2. The van der Waals surface area contributed by atoms with Gasteiger partial charge in [0.25, 0.3) is 5.91 Å². The van der Waals surface area contributed by atoms with Crippen molar-refractivity contribution in [3.63, 3.8) is 0 Å². The number of nitrogens with zero attached hydrogens (tertiary/aromatic N) is 3. The number of benzene rings is 1. The van der Waals surface area contributed by atoms with Crippen molar-refractivity contribution >= 4 is 11.9 Å². The van der Waals surface area contributed by atoms with Gasteiger partial charge in [0.15, 0.2) is 0 Å². The zero-order valence-electron chi connectivity index (χ0n) is 16.1. The SMILES string of the molecule is CCOC(=O)[C@]1(CCc2ccccc2)CCCN(C(=O)c2ccnn2C)C1. The lowest BCUT2D eigenvalue weighted by Crippen LogP contribution is -2.51. The molecule has 0 radical (unpaired) electrons. The molecular formula is C21H27N3O3. The van der Waals surface area contributed by atoms with Crippen LogP contribution in [0.2, 0.25) is 0 Å². The molecular weight excluding hydrogens is 342 g/mol. The van der Waals surface area contributed by atoms with Gasteiger partial charge in [-0.1, -0.05) is 30.3 Å². The van der Waals surface area contributed by atoms with Gasteiger partial charge in [0.2, 0.25) is 0 Å². The van der Waals surface area contributed by atoms with E-state index >= 15 is 0 Å². The minimum Gasteiger partial charge on any atom is -0.466 e. The molecule has 6 heteroatoms. The highest BCUT2D eigenvalue weighted by molar-refractivity contribution is 5.93. The molecule has 0 aliphatic carbocycles. The molecule has 0 bridgehead atoms. The second-order valence-corrected chi connectivity index (χ2v) is 7.16. The third-order valence-electron chi connectivity index (χ3n) is 5.35. The molecule has 1 aromatic carbocycles. The van der Waals surface area contributed by atoms with E-state index < -0.39 is 5.41 Å². The Hall–Kier alpha value is -2.63. The molecule has 1 aromatic heterocycles. The van der Waals surface area contributed by atoms with Gasteiger partial charge in [0.05, 0.1) is 12.0 Å². The van der Waals surface area contributed by atoms with Crippen LogP contribution in [0.4, 0.5) is 0 Å². The Morgan fingerprint density at radius 1 is 1.22 bits per heavy atom. The summed E-state index contributed by atoms with van der Waals surface area (Å²) in [6.45, 7) is 3.21. The maximum Gasteiger partial charge on any atom is 0.313 e. The van der Waals surface area contributed by atoms with E-state index in [1.54, 1.807) is 28.9 Å². The van der Waals surface area contributed by atoms with Gasteiger partial charge in [0.1, 0.15) is 5.69 Å². The highest BCUT2D eigenvalue weighted by atomic mass is 16.5. The van der Waals surface area contributed by atoms with Gasteiger partial charge < -0.3 is 9.64 Å². The monoisotopic (exact) mass is 369 g/mol. The number of aryl methyl sites for hydroxylation is 2. The third-order valence-corrected chi connectivity index (χ3v) is 5.35. The topological polar surface area (TPSA) is 64.4 Å². The molecule has 1 aliphatic heterocycles. The first-order valence-electron chi connectivity index (χ1n) is 9.54. The molecule has 1 saturated heterocycles. The Morgan fingerprint density at radius 2 is 2.00 bits per heavy atom. The Balaban J connectivity index is 1.80. The molecule has 27 heavy (non-hydrogen) atoms. The van der Waals surface area contributed by atoms with Crippen molar-refractivity contribution < 1.29 is 14.3 Å². The summed E-state index contributed by atoms with van der Waals surface area (Å²) >= 11 is 0. The van der Waals surface area contributed by atoms with Gasteiger partial charge in [-0.2, -0.15) is 5.10 Å². The maximum atomic E-state index is 12.9. The average Bonchev–Trinajstić information content (AvgIpc) is 3.13. The normalized spacial score (nSPS) is 19.7. The fraction of sp³-hybridized carbons (Fsp3) is 0.476. The number of piperidine rings is 1. The summed E-state index contributed by atoms with van der Waals surface area (Å²) in [5, 5.41) is 4.09. The van der Waals surface area contributed by atoms with Crippen LogP contribution in [0, 0.1) is 5.41 Å². The summed E-state index contributed by atoms with van der Waals surface area (Å²) < 4.78 is 7.00. The quantitative estimate of drug-likeness (QED) is 0.735. The summed E-state index contributed by atoms with van der Waals surface area (Å²) in [6.07, 6.45) is 4.61. The van der Waals surface area contributed by atoms with Crippen molar-refractivity contribution in [3.05, 3.63) is 53.9 Å². The molecule has 1 fully saturated rings. The Morgan fingerprint density at radius 3 is 2.67 bits per heavy atom. The average molecular weight is 369 g/mol. The number of likely N-dealkylation sites (tertiary alicyclic amines) is 1. The summed E-state index contributed by atoms with van der Waals surface area (Å²) in [4.78, 5) is 27.6. The largest absolute Gasteiger partial charge is 0.466 e. The molecule has 2 aromatic rings. The second-order valence-electron chi connectivity index (χ2n) is 7.16. The number of hydrogen-bond donors (Lipinski definition) is 0. The Kier molecular flexibility index (Phi) is 5.94. The van der Waals surface area contributed by atoms with E-state index in [-0.39, 0.29) is 11.9 Å². The van der Waals surface area contributed by atoms with Gasteiger partial charge in [-0.25, -0.2) is 0 Å². The van der Waals surface area contributed by atoms with Crippen LogP contribution in [0.15, 0.2) is 42.6 Å². The van der Waals surface area contributed by atoms with Crippen LogP contribution in [-0.2, 0) is 23.0 Å². The molecule has 0 unspecified atom stereocenters. The molecule has 0 spiro atoms. The Bertz CT molecular complexity index is 787. The first-order valence-corrected chi connectivity index (χ1v) is 9.54. The maximum absolute atomic E-state index is 12.9. The van der Waals surface area contributed by atoms with Crippen LogP contribution in [0.3, 0.4) is 0 Å². The van der Waals surface area contributed by atoms with Gasteiger partial charge in [-0.15, -0.1) is 0 Å². The molecule has 6 nitrogen and oxygen atoms in total. The zero-order valence-corrected chi connectivity index (χ0v) is 16.1. The summed E-state index contributed by atoms with van der Waals surface area (Å²) in [5.74, 6) is -0.272. The molecule has 1 amide bonds. The molecule has 144 valence electrons. The lowest BCUT2D eigenvalue weighted by molar-refractivity contribution is -0.159. The lowest BCUT2D eigenvalue weighted by Gasteiger charge is -2.41. The predicted octanol–water partition coefficient (Wildman–Crippen LogP) is 2.84. The summed E-state index contributed by atoms with van der Waals surface area (Å²) in [5.41, 5.74) is 1.08. The Labute approximate surface area is 160 Å². The molecule has 0 saturated carbocycles. The van der Waals surface area contributed by atoms with E-state index in [4.69, 9.17) is 4.74 Å². The number of carbonyl (C=O) groups is 2. The van der Waals surface area contributed by atoms with Gasteiger partial charge in [-0.3, -0.25) is 14.3 Å². The molecule has 1 atom stereocenters. The molecule has 3 rings (SSSR count). The minimum absolute atomic E-state index is 0.0805. The van der Waals surface area contributed by atoms with Crippen molar-refractivity contribution in [2.24, 2.45) is 12.5 Å². The number of hydrogen-bond acceptors (Lipinski definition) is 4. The fourth-order valence-electron chi connectivity index (χ4n) is 3.84. The lowest BCUT2D eigenvalue weighted by atomic mass is 9.75. The van der Waals surface area contributed by atoms with E-state index in [9.17, 15) is 9.59 Å². The van der Waals surface area contributed by atoms with Crippen LogP contribution in [0.25, 0.3) is 0 Å². The highest BCUT2D eigenvalue weighted by Gasteiger charge is 2.44. The minimum atomic E-state index is -0.654. The second kappa shape index (κ2) is 8.37. The first kappa shape index (κ1) is 19.1. The van der Waals surface area contributed by atoms with Gasteiger partial charge >= 0.3 is 5.97 Å². The van der Waals surface area contributed by atoms with E-state index in [1.165, 1.54) is 5.56 Å². The number of ether oxygens (including phenoxy) is 1. The van der Waals surface area contributed by atoms with Crippen molar-refractivity contribution in [3.8, 4) is 0 Å². The van der Waals surface area contributed by atoms with Crippen molar-refractivity contribution in [2.45, 2.75) is 32.6 Å². The number of esters is 1. The zero-order chi connectivity index (χ0) is 19.3. The van der Waals surface area contributed by atoms with E-state index in [0.29, 0.717) is 31.8 Å². The third kappa shape index (κ3) is 4.21. The van der Waals surface area contributed by atoms with Gasteiger partial charge in [0, 0.05) is 26.3 Å². The number of rotatable bonds is 6. The van der Waals surface area contributed by atoms with Crippen LogP contribution in [0.5, 0.6) is 0 Å². The van der Waals surface area contributed by atoms with E-state index in [2.05, 4.69) is 17.2 Å². The first-order chi connectivity index (χ1) is 13.1. The highest BCUT2D eigenvalue weighted by Crippen LogP contribution is 2.36. The summed E-state index contributed by atoms with van der Waals surface area (Å²) in [6, 6.07) is 11.9. The standard InChI is InChI=1S/C21H27N3O3/c1-3-27-20(26)21(13-10-17-8-5-4-6-9-17)12-7-15-24(16-21)19(25)18-11-14-22-23(18)2/h4-6,8-9,11,14H,3,7,10,12-13,15-16H2,1-2H3/t21-/m0/s1. The van der Waals surface area contributed by atoms with Gasteiger partial charge in [-0.05, 0) is 44.2 Å². The fourth-order valence-corrected chi connectivity index (χ4v) is 3.84. The van der Waals surface area contributed by atoms with E-state index in [0.717, 1.165) is 19.3 Å². The van der Waals surface area contributed by atoms with Crippen LogP contribution < -0.4 is 0 Å². The smallest absolute Gasteiger partial charge is 0.313 e. The molecule has 0 N–H and O–H groups in total. The summed E-state index contributed by atoms with van der Waals surface area (Å²) in [7, 11) is 1.76. The van der Waals surface area contributed by atoms with Crippen LogP contribution in [0.1, 0.15) is 42.2 Å². The predicted molar refractivity (Wildman–Crippen MR) is 102 cm³/mol. The molecule has 2 heterocycles. The van der Waals surface area contributed by atoms with Crippen LogP contribution >= 0.6 is 0 Å². The van der Waals surface area contributed by atoms with Crippen molar-refractivity contribution in [2.75, 3.05) is 19.7 Å². The van der Waals surface area contributed by atoms with E-state index in [1.807, 2.05) is 25.1 Å². The van der Waals surface area contributed by atoms with Crippen molar-refractivity contribution in [1.29, 1.82) is 0 Å². The number of amides is 1. The molecule has 1 aliphatic rings. The van der Waals surface area contributed by atoms with Crippen LogP contribution in [-0.4, -0.2) is 46.3 Å².